The number of aromatic nitrogens is 3. The van der Waals surface area contributed by atoms with Crippen LogP contribution in [0.25, 0.3) is 0 Å². The first-order valence-electron chi connectivity index (χ1n) is 4.66. The lowest BCUT2D eigenvalue weighted by Crippen LogP contribution is -1.99. The highest BCUT2D eigenvalue weighted by atomic mass is 19.1. The smallest absolute Gasteiger partial charge is 0.362 e. The maximum atomic E-state index is 13.0. The van der Waals surface area contributed by atoms with Crippen molar-refractivity contribution in [3.8, 4) is 11.6 Å². The molecule has 1 aromatic carbocycles. The van der Waals surface area contributed by atoms with E-state index in [1.54, 1.807) is 6.92 Å². The average Bonchev–Trinajstić information content (AvgIpc) is 2.72. The van der Waals surface area contributed by atoms with Crippen LogP contribution < -0.4 is 4.74 Å². The largest absolute Gasteiger partial charge is 0.476 e. The molecule has 0 aliphatic heterocycles. The summed E-state index contributed by atoms with van der Waals surface area (Å²) in [6.07, 6.45) is 0. The van der Waals surface area contributed by atoms with E-state index in [9.17, 15) is 9.18 Å². The van der Waals surface area contributed by atoms with Gasteiger partial charge in [0.1, 0.15) is 11.6 Å². The van der Waals surface area contributed by atoms with Gasteiger partial charge in [0.05, 0.1) is 0 Å². The summed E-state index contributed by atoms with van der Waals surface area (Å²) in [6.45, 7) is 1.57. The molecule has 1 aromatic heterocycles. The number of hydrogen-bond acceptors (Lipinski definition) is 4. The standard InChI is InChI=1S/C10H8FN3O3/c1-5-4-6(2-3-7(5)11)17-9-8(10(15)16)12-14-13-9/h2-4H,1H3,(H,15,16)(H,12,13,14). The van der Waals surface area contributed by atoms with E-state index in [4.69, 9.17) is 9.84 Å². The molecule has 6 nitrogen and oxygen atoms in total. The summed E-state index contributed by atoms with van der Waals surface area (Å²) in [7, 11) is 0. The molecule has 0 unspecified atom stereocenters. The molecule has 0 saturated carbocycles. The first-order chi connectivity index (χ1) is 8.08. The van der Waals surface area contributed by atoms with Crippen molar-refractivity contribution in [3.05, 3.63) is 35.3 Å². The summed E-state index contributed by atoms with van der Waals surface area (Å²) in [5, 5.41) is 17.8. The molecule has 0 fully saturated rings. The molecule has 2 rings (SSSR count). The van der Waals surface area contributed by atoms with Gasteiger partial charge in [0, 0.05) is 0 Å². The molecule has 2 N–H and O–H groups in total. The molecule has 0 bridgehead atoms. The number of carbonyl (C=O) groups is 1. The van der Waals surface area contributed by atoms with Gasteiger partial charge in [-0.1, -0.05) is 5.21 Å². The minimum Gasteiger partial charge on any atom is -0.476 e. The van der Waals surface area contributed by atoms with E-state index in [1.165, 1.54) is 18.2 Å². The topological polar surface area (TPSA) is 88.1 Å². The van der Waals surface area contributed by atoms with E-state index in [1.807, 2.05) is 0 Å². The molecule has 0 spiro atoms. The maximum absolute atomic E-state index is 13.0. The van der Waals surface area contributed by atoms with Gasteiger partial charge >= 0.3 is 5.97 Å². The van der Waals surface area contributed by atoms with E-state index in [0.29, 0.717) is 11.3 Å². The molecule has 0 radical (unpaired) electrons. The maximum Gasteiger partial charge on any atom is 0.362 e. The molecule has 0 aliphatic rings. The molecule has 1 heterocycles. The molecule has 0 amide bonds. The third-order valence-corrected chi connectivity index (χ3v) is 2.07. The van der Waals surface area contributed by atoms with Crippen LogP contribution in [-0.4, -0.2) is 26.5 Å². The Morgan fingerprint density at radius 2 is 2.29 bits per heavy atom. The summed E-state index contributed by atoms with van der Waals surface area (Å²) in [4.78, 5) is 10.7. The quantitative estimate of drug-likeness (QED) is 0.848. The number of nitrogens with zero attached hydrogens (tertiary/aromatic N) is 2. The van der Waals surface area contributed by atoms with Crippen LogP contribution in [0.3, 0.4) is 0 Å². The summed E-state index contributed by atoms with van der Waals surface area (Å²) < 4.78 is 18.2. The van der Waals surface area contributed by atoms with Crippen molar-refractivity contribution in [2.24, 2.45) is 0 Å². The van der Waals surface area contributed by atoms with Crippen LogP contribution in [0.1, 0.15) is 16.1 Å². The molecule has 7 heteroatoms. The number of aryl methyl sites for hydroxylation is 1. The van der Waals surface area contributed by atoms with Crippen molar-refractivity contribution in [2.45, 2.75) is 6.92 Å². The second-order valence-corrected chi connectivity index (χ2v) is 3.31. The van der Waals surface area contributed by atoms with Gasteiger partial charge in [-0.2, -0.15) is 0 Å². The van der Waals surface area contributed by atoms with E-state index in [-0.39, 0.29) is 17.4 Å². The Morgan fingerprint density at radius 3 is 2.94 bits per heavy atom. The predicted octanol–water partition coefficient (Wildman–Crippen LogP) is 1.74. The number of ether oxygens (including phenoxy) is 1. The van der Waals surface area contributed by atoms with Crippen LogP contribution in [0.4, 0.5) is 4.39 Å². The van der Waals surface area contributed by atoms with Gasteiger partial charge in [-0.05, 0) is 30.7 Å². The van der Waals surface area contributed by atoms with Crippen molar-refractivity contribution in [1.29, 1.82) is 0 Å². The van der Waals surface area contributed by atoms with Crippen molar-refractivity contribution in [3.63, 3.8) is 0 Å². The van der Waals surface area contributed by atoms with Crippen LogP contribution >= 0.6 is 0 Å². The zero-order chi connectivity index (χ0) is 12.4. The lowest BCUT2D eigenvalue weighted by Gasteiger charge is -2.04. The summed E-state index contributed by atoms with van der Waals surface area (Å²) in [6, 6.07) is 4.06. The Morgan fingerprint density at radius 1 is 1.53 bits per heavy atom. The number of nitrogens with one attached hydrogen (secondary N) is 1. The Balaban J connectivity index is 2.28. The van der Waals surface area contributed by atoms with Crippen LogP contribution in [-0.2, 0) is 0 Å². The molecule has 2 aromatic rings. The van der Waals surface area contributed by atoms with Crippen molar-refractivity contribution >= 4 is 5.97 Å². The number of carboxylic acids is 1. The van der Waals surface area contributed by atoms with Gasteiger partial charge in [0.2, 0.25) is 5.69 Å². The molecule has 0 saturated heterocycles. The zero-order valence-electron chi connectivity index (χ0n) is 8.77. The first-order valence-corrected chi connectivity index (χ1v) is 4.66. The lowest BCUT2D eigenvalue weighted by molar-refractivity contribution is 0.0687. The molecule has 88 valence electrons. The summed E-state index contributed by atoms with van der Waals surface area (Å²) in [5.74, 6) is -1.41. The highest BCUT2D eigenvalue weighted by molar-refractivity contribution is 5.87. The van der Waals surface area contributed by atoms with Gasteiger partial charge < -0.3 is 9.84 Å². The zero-order valence-corrected chi connectivity index (χ0v) is 8.77. The highest BCUT2D eigenvalue weighted by Crippen LogP contribution is 2.23. The fraction of sp³-hybridized carbons (Fsp3) is 0.100. The number of rotatable bonds is 3. The lowest BCUT2D eigenvalue weighted by atomic mass is 10.2. The molecule has 0 atom stereocenters. The van der Waals surface area contributed by atoms with Gasteiger partial charge in [-0.25, -0.2) is 14.3 Å². The Hall–Kier alpha value is -2.44. The van der Waals surface area contributed by atoms with Gasteiger partial charge in [0.25, 0.3) is 5.88 Å². The second kappa shape index (κ2) is 4.20. The van der Waals surface area contributed by atoms with Crippen molar-refractivity contribution < 1.29 is 19.0 Å². The Labute approximate surface area is 95.0 Å². The van der Waals surface area contributed by atoms with Gasteiger partial charge in [-0.15, -0.1) is 5.10 Å². The minimum atomic E-state index is -1.26. The summed E-state index contributed by atoms with van der Waals surface area (Å²) in [5.41, 5.74) is 0.0684. The van der Waals surface area contributed by atoms with Gasteiger partial charge in [-0.3, -0.25) is 0 Å². The van der Waals surface area contributed by atoms with E-state index in [0.717, 1.165) is 0 Å². The van der Waals surface area contributed by atoms with Crippen molar-refractivity contribution in [1.82, 2.24) is 15.4 Å². The fourth-order valence-corrected chi connectivity index (χ4v) is 1.23. The van der Waals surface area contributed by atoms with E-state index in [2.05, 4.69) is 15.4 Å². The minimum absolute atomic E-state index is 0.0940. The molecule has 0 aliphatic carbocycles. The molecular formula is C10H8FN3O3. The predicted molar refractivity (Wildman–Crippen MR) is 54.6 cm³/mol. The fourth-order valence-electron chi connectivity index (χ4n) is 1.23. The number of halogens is 1. The number of benzene rings is 1. The number of aromatic amines is 1. The number of H-pyrrole nitrogens is 1. The first kappa shape index (κ1) is 11.1. The van der Waals surface area contributed by atoms with Gasteiger partial charge in [0.15, 0.2) is 0 Å². The van der Waals surface area contributed by atoms with Crippen LogP contribution in [0, 0.1) is 12.7 Å². The number of carboxylic acid groups (broad SMARTS) is 1. The van der Waals surface area contributed by atoms with Crippen LogP contribution in [0.15, 0.2) is 18.2 Å². The van der Waals surface area contributed by atoms with Crippen LogP contribution in [0.2, 0.25) is 0 Å². The van der Waals surface area contributed by atoms with Crippen molar-refractivity contribution in [2.75, 3.05) is 0 Å². The third-order valence-electron chi connectivity index (χ3n) is 2.07. The Kier molecular flexibility index (Phi) is 2.73. The summed E-state index contributed by atoms with van der Waals surface area (Å²) >= 11 is 0. The SMILES string of the molecule is Cc1cc(Oc2[nH]nnc2C(=O)O)ccc1F. The third kappa shape index (κ3) is 2.22. The number of hydrogen-bond donors (Lipinski definition) is 2. The number of aromatic carboxylic acids is 1. The highest BCUT2D eigenvalue weighted by Gasteiger charge is 2.16. The molecule has 17 heavy (non-hydrogen) atoms. The average molecular weight is 237 g/mol. The monoisotopic (exact) mass is 237 g/mol. The van der Waals surface area contributed by atoms with E-state index < -0.39 is 5.97 Å². The van der Waals surface area contributed by atoms with E-state index >= 15 is 0 Å². The van der Waals surface area contributed by atoms with Crippen LogP contribution in [0.5, 0.6) is 11.6 Å². The normalized spacial score (nSPS) is 10.2. The Bertz CT molecular complexity index is 568. The second-order valence-electron chi connectivity index (χ2n) is 3.31. The molecular weight excluding hydrogens is 229 g/mol.